The van der Waals surface area contributed by atoms with Crippen LogP contribution in [0.15, 0.2) is 36.5 Å². The largest absolute Gasteiger partial charge is 0.497 e. The van der Waals surface area contributed by atoms with Crippen molar-refractivity contribution in [3.8, 4) is 11.5 Å². The van der Waals surface area contributed by atoms with E-state index in [2.05, 4.69) is 13.0 Å². The van der Waals surface area contributed by atoms with Gasteiger partial charge in [-0.25, -0.2) is 0 Å². The molecule has 2 aromatic rings. The van der Waals surface area contributed by atoms with Crippen molar-refractivity contribution in [1.29, 1.82) is 0 Å². The molecule has 1 heterocycles. The molecule has 0 atom stereocenters. The van der Waals surface area contributed by atoms with E-state index in [-0.39, 0.29) is 5.78 Å². The van der Waals surface area contributed by atoms with Crippen molar-refractivity contribution < 1.29 is 18.8 Å². The summed E-state index contributed by atoms with van der Waals surface area (Å²) in [4.78, 5) is 12.6. The molecule has 4 heteroatoms. The van der Waals surface area contributed by atoms with Gasteiger partial charge in [-0.15, -0.1) is 0 Å². The van der Waals surface area contributed by atoms with Crippen molar-refractivity contribution in [2.75, 3.05) is 14.2 Å². The first kappa shape index (κ1) is 16.0. The number of carbonyl (C=O) groups excluding carboxylic acids is 1. The maximum Gasteiger partial charge on any atom is 0.231 e. The molecule has 0 saturated carbocycles. The maximum atomic E-state index is 12.6. The number of Topliss-reactive ketones (excluding diaryl/α,β-unsaturated/α-hetero) is 1. The third-order valence-corrected chi connectivity index (χ3v) is 3.74. The van der Waals surface area contributed by atoms with Crippen LogP contribution in [0.5, 0.6) is 11.5 Å². The van der Waals surface area contributed by atoms with Gasteiger partial charge in [-0.05, 0) is 24.6 Å². The first-order chi connectivity index (χ1) is 10.6. The van der Waals surface area contributed by atoms with Crippen molar-refractivity contribution in [3.63, 3.8) is 0 Å². The lowest BCUT2D eigenvalue weighted by Gasteiger charge is -2.09. The molecule has 0 fully saturated rings. The summed E-state index contributed by atoms with van der Waals surface area (Å²) in [5.41, 5.74) is 2.83. The molecule has 0 aliphatic carbocycles. The first-order valence-electron chi connectivity index (χ1n) is 7.33. The molecule has 0 amide bonds. The van der Waals surface area contributed by atoms with Gasteiger partial charge >= 0.3 is 0 Å². The van der Waals surface area contributed by atoms with Crippen LogP contribution in [0.1, 0.15) is 28.5 Å². The van der Waals surface area contributed by atoms with Crippen molar-refractivity contribution in [3.05, 3.63) is 53.3 Å². The van der Waals surface area contributed by atoms with Gasteiger partial charge in [-0.2, -0.15) is 4.57 Å². The average molecular weight is 300 g/mol. The number of aromatic nitrogens is 1. The molecule has 2 rings (SSSR count). The van der Waals surface area contributed by atoms with E-state index in [4.69, 9.17) is 9.47 Å². The number of rotatable bonds is 6. The molecule has 1 aromatic carbocycles. The van der Waals surface area contributed by atoms with Gasteiger partial charge in [0.25, 0.3) is 0 Å². The van der Waals surface area contributed by atoms with Gasteiger partial charge in [-0.3, -0.25) is 4.79 Å². The lowest BCUT2D eigenvalue weighted by Crippen LogP contribution is -2.41. The van der Waals surface area contributed by atoms with Crippen molar-refractivity contribution >= 4 is 5.78 Å². The molecular formula is C18H22NO3+. The first-order valence-corrected chi connectivity index (χ1v) is 7.33. The number of nitrogens with zero attached hydrogens (tertiary/aromatic N) is 1. The minimum absolute atomic E-state index is 0.0147. The minimum atomic E-state index is 0.0147. The summed E-state index contributed by atoms with van der Waals surface area (Å²) < 4.78 is 12.5. The zero-order chi connectivity index (χ0) is 16.1. The molecular weight excluding hydrogens is 278 g/mol. The lowest BCUT2D eigenvalue weighted by molar-refractivity contribution is -0.689. The summed E-state index contributed by atoms with van der Waals surface area (Å²) in [6.07, 6.45) is 2.98. The van der Waals surface area contributed by atoms with Crippen LogP contribution < -0.4 is 14.0 Å². The van der Waals surface area contributed by atoms with E-state index >= 15 is 0 Å². The maximum absolute atomic E-state index is 12.6. The summed E-state index contributed by atoms with van der Waals surface area (Å²) in [5, 5.41) is 0. The predicted octanol–water partition coefficient (Wildman–Crippen LogP) is 2.75. The predicted molar refractivity (Wildman–Crippen MR) is 84.6 cm³/mol. The molecule has 0 spiro atoms. The summed E-state index contributed by atoms with van der Waals surface area (Å²) >= 11 is 0. The van der Waals surface area contributed by atoms with Gasteiger partial charge in [-0.1, -0.05) is 6.92 Å². The van der Waals surface area contributed by atoms with E-state index in [9.17, 15) is 4.79 Å². The van der Waals surface area contributed by atoms with E-state index < -0.39 is 0 Å². The fourth-order valence-electron chi connectivity index (χ4n) is 2.32. The Balaban J connectivity index is 2.29. The third-order valence-electron chi connectivity index (χ3n) is 3.74. The number of aryl methyl sites for hydroxylation is 2. The highest BCUT2D eigenvalue weighted by atomic mass is 16.5. The molecule has 4 nitrogen and oxygen atoms in total. The van der Waals surface area contributed by atoms with Crippen LogP contribution in [0.3, 0.4) is 0 Å². The van der Waals surface area contributed by atoms with Crippen LogP contribution in [0.4, 0.5) is 0 Å². The second kappa shape index (κ2) is 7.07. The molecule has 0 radical (unpaired) electrons. The van der Waals surface area contributed by atoms with Crippen LogP contribution in [-0.4, -0.2) is 20.0 Å². The topological polar surface area (TPSA) is 39.4 Å². The highest BCUT2D eigenvalue weighted by Crippen LogP contribution is 2.24. The van der Waals surface area contributed by atoms with Gasteiger partial charge < -0.3 is 9.47 Å². The zero-order valence-electron chi connectivity index (χ0n) is 13.6. The fourth-order valence-corrected chi connectivity index (χ4v) is 2.32. The van der Waals surface area contributed by atoms with E-state index in [1.165, 1.54) is 5.56 Å². The van der Waals surface area contributed by atoms with Crippen molar-refractivity contribution in [2.24, 2.45) is 0 Å². The van der Waals surface area contributed by atoms with Crippen LogP contribution in [0, 0.1) is 6.92 Å². The SMILES string of the molecule is CCc1ccc(C)[n+](CC(=O)c2ccc(OC)cc2OC)c1. The second-order valence-corrected chi connectivity index (χ2v) is 5.15. The van der Waals surface area contributed by atoms with Crippen LogP contribution >= 0.6 is 0 Å². The number of carbonyl (C=O) groups is 1. The van der Waals surface area contributed by atoms with Crippen molar-refractivity contribution in [2.45, 2.75) is 26.8 Å². The molecule has 0 bridgehead atoms. The number of hydrogen-bond donors (Lipinski definition) is 0. The molecule has 22 heavy (non-hydrogen) atoms. The second-order valence-electron chi connectivity index (χ2n) is 5.15. The Morgan fingerprint density at radius 3 is 2.55 bits per heavy atom. The Hall–Kier alpha value is -2.36. The smallest absolute Gasteiger partial charge is 0.231 e. The number of benzene rings is 1. The molecule has 0 N–H and O–H groups in total. The standard InChI is InChI=1S/C18H22NO3/c1-5-14-7-6-13(2)19(11-14)12-17(20)16-9-8-15(21-3)10-18(16)22-4/h6-11H,5,12H2,1-4H3/q+1. The zero-order valence-corrected chi connectivity index (χ0v) is 13.6. The van der Waals surface area contributed by atoms with Crippen molar-refractivity contribution in [1.82, 2.24) is 0 Å². The highest BCUT2D eigenvalue weighted by Gasteiger charge is 2.19. The van der Waals surface area contributed by atoms with Crippen LogP contribution in [0.25, 0.3) is 0 Å². The molecule has 116 valence electrons. The molecule has 0 saturated heterocycles. The summed E-state index contributed by atoms with van der Waals surface area (Å²) in [5.74, 6) is 1.22. The van der Waals surface area contributed by atoms with E-state index in [0.29, 0.717) is 23.6 Å². The molecule has 0 aliphatic heterocycles. The van der Waals surface area contributed by atoms with Crippen LogP contribution in [0.2, 0.25) is 0 Å². The van der Waals surface area contributed by atoms with Crippen LogP contribution in [-0.2, 0) is 13.0 Å². The number of pyridine rings is 1. The quantitative estimate of drug-likeness (QED) is 0.608. The number of ether oxygens (including phenoxy) is 2. The fraction of sp³-hybridized carbons (Fsp3) is 0.333. The average Bonchev–Trinajstić information content (AvgIpc) is 2.56. The molecule has 1 aromatic heterocycles. The number of hydrogen-bond acceptors (Lipinski definition) is 3. The van der Waals surface area contributed by atoms with E-state index in [1.54, 1.807) is 32.4 Å². The van der Waals surface area contributed by atoms with Gasteiger partial charge in [0.05, 0.1) is 19.8 Å². The normalized spacial score (nSPS) is 10.4. The number of ketones is 1. The monoisotopic (exact) mass is 300 g/mol. The highest BCUT2D eigenvalue weighted by molar-refractivity contribution is 5.98. The van der Waals surface area contributed by atoms with Gasteiger partial charge in [0.2, 0.25) is 12.3 Å². The number of methoxy groups -OCH3 is 2. The lowest BCUT2D eigenvalue weighted by atomic mass is 10.1. The Bertz CT molecular complexity index is 680. The van der Waals surface area contributed by atoms with E-state index in [0.717, 1.165) is 12.1 Å². The summed E-state index contributed by atoms with van der Waals surface area (Å²) in [6, 6.07) is 9.38. The van der Waals surface area contributed by atoms with Gasteiger partial charge in [0, 0.05) is 24.6 Å². The third kappa shape index (κ3) is 3.45. The van der Waals surface area contributed by atoms with E-state index in [1.807, 2.05) is 23.8 Å². The summed E-state index contributed by atoms with van der Waals surface area (Å²) in [7, 11) is 3.15. The Labute approximate surface area is 131 Å². The van der Waals surface area contributed by atoms with Gasteiger partial charge in [0.1, 0.15) is 11.5 Å². The Kier molecular flexibility index (Phi) is 5.15. The molecule has 0 aliphatic rings. The molecule has 0 unspecified atom stereocenters. The minimum Gasteiger partial charge on any atom is -0.497 e. The Morgan fingerprint density at radius 1 is 1.14 bits per heavy atom. The van der Waals surface area contributed by atoms with Gasteiger partial charge in [0.15, 0.2) is 11.9 Å². The summed E-state index contributed by atoms with van der Waals surface area (Å²) in [6.45, 7) is 4.39. The Morgan fingerprint density at radius 2 is 1.91 bits per heavy atom.